The van der Waals surface area contributed by atoms with Crippen LogP contribution in [-0.2, 0) is 6.42 Å². The molecule has 1 rings (SSSR count). The second-order valence-electron chi connectivity index (χ2n) is 3.06. The maximum Gasteiger partial charge on any atom is 0.124 e. The van der Waals surface area contributed by atoms with Crippen molar-refractivity contribution in [1.29, 1.82) is 0 Å². The second-order valence-corrected chi connectivity index (χ2v) is 3.46. The van der Waals surface area contributed by atoms with E-state index in [9.17, 15) is 0 Å². The topological polar surface area (TPSA) is 35.2 Å². The van der Waals surface area contributed by atoms with Crippen molar-refractivity contribution in [1.82, 2.24) is 0 Å². The molecule has 0 aromatic heterocycles. The fourth-order valence-electron chi connectivity index (χ4n) is 1.28. The molecule has 0 aliphatic carbocycles. The average molecular weight is 224 g/mol. The molecule has 0 bridgehead atoms. The number of nitrogens with two attached hydrogens (primary N) is 1. The fourth-order valence-corrected chi connectivity index (χ4v) is 1.54. The van der Waals surface area contributed by atoms with E-state index in [2.05, 4.69) is 5.92 Å². The lowest BCUT2D eigenvalue weighted by Gasteiger charge is -2.11. The summed E-state index contributed by atoms with van der Waals surface area (Å²) in [6, 6.07) is 5.57. The van der Waals surface area contributed by atoms with Crippen LogP contribution in [0.3, 0.4) is 0 Å². The van der Waals surface area contributed by atoms with E-state index in [1.807, 2.05) is 18.2 Å². The third-order valence-electron chi connectivity index (χ3n) is 1.97. The van der Waals surface area contributed by atoms with Gasteiger partial charge in [0.05, 0.1) is 6.61 Å². The quantitative estimate of drug-likeness (QED) is 0.614. The molecule has 1 aromatic carbocycles. The molecule has 0 saturated carbocycles. The number of benzene rings is 1. The van der Waals surface area contributed by atoms with Crippen molar-refractivity contribution < 1.29 is 4.74 Å². The molecular formula is C12H14ClNO. The van der Waals surface area contributed by atoms with Crippen LogP contribution in [0, 0.1) is 12.3 Å². The molecule has 0 saturated heterocycles. The van der Waals surface area contributed by atoms with Crippen molar-refractivity contribution in [2.45, 2.75) is 12.8 Å². The predicted molar refractivity (Wildman–Crippen MR) is 63.2 cm³/mol. The van der Waals surface area contributed by atoms with E-state index < -0.39 is 0 Å². The Balaban J connectivity index is 2.77. The first kappa shape index (κ1) is 11.9. The maximum atomic E-state index is 6.05. The summed E-state index contributed by atoms with van der Waals surface area (Å²) in [5.74, 6) is 3.30. The Morgan fingerprint density at radius 2 is 2.27 bits per heavy atom. The monoisotopic (exact) mass is 223 g/mol. The molecule has 0 radical (unpaired) electrons. The molecule has 15 heavy (non-hydrogen) atoms. The van der Waals surface area contributed by atoms with Gasteiger partial charge in [-0.3, -0.25) is 0 Å². The van der Waals surface area contributed by atoms with Crippen LogP contribution < -0.4 is 10.5 Å². The van der Waals surface area contributed by atoms with Crippen LogP contribution in [0.4, 0.5) is 0 Å². The van der Waals surface area contributed by atoms with E-state index >= 15 is 0 Å². The summed E-state index contributed by atoms with van der Waals surface area (Å²) in [5, 5.41) is 0.693. The van der Waals surface area contributed by atoms with E-state index in [-0.39, 0.29) is 0 Å². The van der Waals surface area contributed by atoms with Gasteiger partial charge < -0.3 is 10.5 Å². The van der Waals surface area contributed by atoms with Crippen molar-refractivity contribution in [2.75, 3.05) is 13.2 Å². The summed E-state index contributed by atoms with van der Waals surface area (Å²) in [4.78, 5) is 0. The second kappa shape index (κ2) is 6.34. The van der Waals surface area contributed by atoms with E-state index in [1.165, 1.54) is 0 Å². The first-order valence-corrected chi connectivity index (χ1v) is 5.21. The SMILES string of the molecule is C#CCCOc1cccc(Cl)c1CCN. The Hall–Kier alpha value is -1.17. The molecule has 0 heterocycles. The van der Waals surface area contributed by atoms with Gasteiger partial charge >= 0.3 is 0 Å². The Morgan fingerprint density at radius 3 is 2.93 bits per heavy atom. The summed E-state index contributed by atoms with van der Waals surface area (Å²) in [6.45, 7) is 1.06. The number of rotatable bonds is 5. The highest BCUT2D eigenvalue weighted by Crippen LogP contribution is 2.26. The van der Waals surface area contributed by atoms with E-state index in [0.29, 0.717) is 31.0 Å². The standard InChI is InChI=1S/C12H14ClNO/c1-2-3-9-15-12-6-4-5-11(13)10(12)7-8-14/h1,4-6H,3,7-9,14H2. The molecule has 0 unspecified atom stereocenters. The lowest BCUT2D eigenvalue weighted by molar-refractivity contribution is 0.324. The van der Waals surface area contributed by atoms with Crippen molar-refractivity contribution in [2.24, 2.45) is 5.73 Å². The molecular weight excluding hydrogens is 210 g/mol. The van der Waals surface area contributed by atoms with E-state index in [1.54, 1.807) is 0 Å². The minimum absolute atomic E-state index is 0.508. The largest absolute Gasteiger partial charge is 0.492 e. The molecule has 3 heteroatoms. The molecule has 2 N–H and O–H groups in total. The van der Waals surface area contributed by atoms with Gasteiger partial charge in [0, 0.05) is 17.0 Å². The van der Waals surface area contributed by atoms with Gasteiger partial charge in [0.25, 0.3) is 0 Å². The minimum Gasteiger partial charge on any atom is -0.492 e. The number of hydrogen-bond donors (Lipinski definition) is 1. The lowest BCUT2D eigenvalue weighted by atomic mass is 10.1. The Labute approximate surface area is 95.4 Å². The first-order chi connectivity index (χ1) is 7.29. The van der Waals surface area contributed by atoms with Crippen molar-refractivity contribution >= 4 is 11.6 Å². The average Bonchev–Trinajstić information content (AvgIpc) is 2.23. The zero-order valence-electron chi connectivity index (χ0n) is 8.50. The molecule has 0 fully saturated rings. The van der Waals surface area contributed by atoms with E-state index in [4.69, 9.17) is 28.5 Å². The van der Waals surface area contributed by atoms with Gasteiger partial charge in [-0.25, -0.2) is 0 Å². The van der Waals surface area contributed by atoms with Crippen LogP contribution in [0.5, 0.6) is 5.75 Å². The molecule has 0 amide bonds. The fraction of sp³-hybridized carbons (Fsp3) is 0.333. The molecule has 0 aliphatic rings. The number of halogens is 1. The molecule has 0 aliphatic heterocycles. The van der Waals surface area contributed by atoms with Gasteiger partial charge in [0.2, 0.25) is 0 Å². The number of terminal acetylenes is 1. The predicted octanol–water partition coefficient (Wildman–Crippen LogP) is 2.24. The summed E-state index contributed by atoms with van der Waals surface area (Å²) in [5.41, 5.74) is 6.46. The summed E-state index contributed by atoms with van der Waals surface area (Å²) in [6.07, 6.45) is 6.45. The van der Waals surface area contributed by atoms with Crippen LogP contribution in [0.2, 0.25) is 5.02 Å². The zero-order chi connectivity index (χ0) is 11.1. The van der Waals surface area contributed by atoms with Crippen LogP contribution in [0.15, 0.2) is 18.2 Å². The van der Waals surface area contributed by atoms with Crippen LogP contribution in [-0.4, -0.2) is 13.2 Å². The van der Waals surface area contributed by atoms with Crippen molar-refractivity contribution in [3.8, 4) is 18.1 Å². The normalized spacial score (nSPS) is 9.67. The first-order valence-electron chi connectivity index (χ1n) is 4.83. The molecule has 2 nitrogen and oxygen atoms in total. The number of hydrogen-bond acceptors (Lipinski definition) is 2. The minimum atomic E-state index is 0.508. The summed E-state index contributed by atoms with van der Waals surface area (Å²) in [7, 11) is 0. The van der Waals surface area contributed by atoms with Gasteiger partial charge in [0.1, 0.15) is 5.75 Å². The van der Waals surface area contributed by atoms with Gasteiger partial charge in [-0.1, -0.05) is 17.7 Å². The van der Waals surface area contributed by atoms with Gasteiger partial charge in [-0.2, -0.15) is 0 Å². The Kier molecular flexibility index (Phi) is 5.03. The maximum absolute atomic E-state index is 6.05. The highest BCUT2D eigenvalue weighted by molar-refractivity contribution is 6.31. The molecule has 80 valence electrons. The lowest BCUT2D eigenvalue weighted by Crippen LogP contribution is -2.06. The van der Waals surface area contributed by atoms with Gasteiger partial charge in [-0.15, -0.1) is 12.3 Å². The highest BCUT2D eigenvalue weighted by Gasteiger charge is 2.06. The molecule has 0 spiro atoms. The van der Waals surface area contributed by atoms with Crippen LogP contribution >= 0.6 is 11.6 Å². The zero-order valence-corrected chi connectivity index (χ0v) is 9.26. The van der Waals surface area contributed by atoms with Crippen molar-refractivity contribution in [3.05, 3.63) is 28.8 Å². The van der Waals surface area contributed by atoms with Gasteiger partial charge in [-0.05, 0) is 25.1 Å². The Bertz CT molecular complexity index is 357. The smallest absolute Gasteiger partial charge is 0.124 e. The van der Waals surface area contributed by atoms with Crippen molar-refractivity contribution in [3.63, 3.8) is 0 Å². The third-order valence-corrected chi connectivity index (χ3v) is 2.33. The van der Waals surface area contributed by atoms with Crippen LogP contribution in [0.25, 0.3) is 0 Å². The van der Waals surface area contributed by atoms with Gasteiger partial charge in [0.15, 0.2) is 0 Å². The summed E-state index contributed by atoms with van der Waals surface area (Å²) < 4.78 is 5.53. The van der Waals surface area contributed by atoms with E-state index in [0.717, 1.165) is 11.3 Å². The number of ether oxygens (including phenoxy) is 1. The summed E-state index contributed by atoms with van der Waals surface area (Å²) >= 11 is 6.05. The Morgan fingerprint density at radius 1 is 1.47 bits per heavy atom. The molecule has 0 atom stereocenters. The highest BCUT2D eigenvalue weighted by atomic mass is 35.5. The van der Waals surface area contributed by atoms with Crippen LogP contribution in [0.1, 0.15) is 12.0 Å². The molecule has 1 aromatic rings. The third kappa shape index (κ3) is 3.47.